The van der Waals surface area contributed by atoms with Gasteiger partial charge < -0.3 is 20.8 Å². The quantitative estimate of drug-likeness (QED) is 0.461. The van der Waals surface area contributed by atoms with E-state index in [1.165, 1.54) is 28.9 Å². The summed E-state index contributed by atoms with van der Waals surface area (Å²) >= 11 is 1.52. The first-order valence-corrected chi connectivity index (χ1v) is 13.6. The highest BCUT2D eigenvalue weighted by molar-refractivity contribution is 7.15. The predicted molar refractivity (Wildman–Crippen MR) is 135 cm³/mol. The van der Waals surface area contributed by atoms with Gasteiger partial charge in [-0.3, -0.25) is 4.79 Å². The molecule has 0 radical (unpaired) electrons. The Bertz CT molecular complexity index is 1040. The van der Waals surface area contributed by atoms with Gasteiger partial charge in [0.1, 0.15) is 5.75 Å². The number of aliphatic hydroxyl groups is 1. The number of rotatable bonds is 7. The van der Waals surface area contributed by atoms with E-state index in [-0.39, 0.29) is 17.9 Å². The maximum atomic E-state index is 12.7. The number of nitrogens with zero attached hydrogens (tertiary/aromatic N) is 1. The number of amides is 1. The fourth-order valence-corrected chi connectivity index (χ4v) is 8.30. The van der Waals surface area contributed by atoms with Crippen LogP contribution < -0.4 is 10.6 Å². The molecule has 3 aliphatic rings. The monoisotopic (exact) mass is 483 g/mol. The SMILES string of the molecule is Cc1cnc(NC(=O)CC[C@@H]2CC(NCCO)[C@@]3(C)CCC4c5ccc(O)cc5CCC4C23)s1. The Hall–Kier alpha value is -1.96. The molecule has 7 heteroatoms. The van der Waals surface area contributed by atoms with Crippen LogP contribution in [0, 0.1) is 30.1 Å². The highest BCUT2D eigenvalue weighted by atomic mass is 32.1. The summed E-state index contributed by atoms with van der Waals surface area (Å²) in [4.78, 5) is 18.1. The van der Waals surface area contributed by atoms with Gasteiger partial charge in [0.25, 0.3) is 0 Å². The molecule has 0 aliphatic heterocycles. The van der Waals surface area contributed by atoms with Crippen LogP contribution in [-0.4, -0.2) is 40.3 Å². The third kappa shape index (κ3) is 4.38. The van der Waals surface area contributed by atoms with Crippen molar-refractivity contribution in [3.8, 4) is 5.75 Å². The van der Waals surface area contributed by atoms with E-state index in [0.717, 1.165) is 37.0 Å². The molecule has 3 aliphatic carbocycles. The lowest BCUT2D eigenvalue weighted by molar-refractivity contribution is -0.116. The van der Waals surface area contributed by atoms with Crippen LogP contribution in [0.1, 0.15) is 67.4 Å². The number of aromatic hydroxyl groups is 1. The molecule has 0 spiro atoms. The van der Waals surface area contributed by atoms with Crippen molar-refractivity contribution in [1.29, 1.82) is 0 Å². The van der Waals surface area contributed by atoms with Gasteiger partial charge >= 0.3 is 0 Å². The number of carbonyl (C=O) groups excluding carboxylic acids is 1. The Labute approximate surface area is 206 Å². The Balaban J connectivity index is 1.35. The zero-order valence-electron chi connectivity index (χ0n) is 20.2. The zero-order chi connectivity index (χ0) is 23.9. The maximum absolute atomic E-state index is 12.7. The van der Waals surface area contributed by atoms with E-state index in [1.807, 2.05) is 19.1 Å². The van der Waals surface area contributed by atoms with E-state index in [2.05, 4.69) is 28.6 Å². The number of aryl methyl sites for hydroxylation is 2. The number of aromatic nitrogens is 1. The van der Waals surface area contributed by atoms with Crippen LogP contribution in [0.4, 0.5) is 5.13 Å². The summed E-state index contributed by atoms with van der Waals surface area (Å²) in [5.41, 5.74) is 2.92. The molecule has 2 saturated carbocycles. The number of phenols is 1. The van der Waals surface area contributed by atoms with Gasteiger partial charge in [-0.1, -0.05) is 13.0 Å². The van der Waals surface area contributed by atoms with Crippen molar-refractivity contribution in [2.45, 2.75) is 70.8 Å². The van der Waals surface area contributed by atoms with E-state index in [1.54, 1.807) is 6.20 Å². The molecular formula is C27H37N3O3S. The molecule has 6 nitrogen and oxygen atoms in total. The number of anilines is 1. The van der Waals surface area contributed by atoms with Crippen LogP contribution in [0.3, 0.4) is 0 Å². The van der Waals surface area contributed by atoms with E-state index < -0.39 is 0 Å². The van der Waals surface area contributed by atoms with Gasteiger partial charge in [-0.2, -0.15) is 0 Å². The van der Waals surface area contributed by atoms with Crippen molar-refractivity contribution in [3.63, 3.8) is 0 Å². The molecule has 4 N–H and O–H groups in total. The smallest absolute Gasteiger partial charge is 0.226 e. The molecule has 4 unspecified atom stereocenters. The number of hydrogen-bond donors (Lipinski definition) is 4. The minimum atomic E-state index is 0.0552. The molecular weight excluding hydrogens is 446 g/mol. The summed E-state index contributed by atoms with van der Waals surface area (Å²) in [5.74, 6) is 2.60. The first kappa shape index (κ1) is 23.8. The van der Waals surface area contributed by atoms with Crippen LogP contribution in [0.5, 0.6) is 5.75 Å². The van der Waals surface area contributed by atoms with Gasteiger partial charge in [-0.15, -0.1) is 11.3 Å². The van der Waals surface area contributed by atoms with Gasteiger partial charge in [0.05, 0.1) is 6.61 Å². The standard InChI is InChI=1S/C27H37N3O3S/c1-16-15-29-26(34-16)30-24(33)8-4-18-14-23(28-11-12-31)27(2)10-9-21-20-7-5-19(32)13-17(20)3-6-22(21)25(18)27/h5,7,13,15,18,21-23,25,28,31-32H,3-4,6,8-12,14H2,1-2H3,(H,29,30,33)/t18-,21?,22?,23?,25?,27-/m1/s1. The second kappa shape index (κ2) is 9.59. The van der Waals surface area contributed by atoms with Crippen LogP contribution in [-0.2, 0) is 11.2 Å². The van der Waals surface area contributed by atoms with E-state index in [4.69, 9.17) is 0 Å². The fraction of sp³-hybridized carbons (Fsp3) is 0.630. The molecule has 34 heavy (non-hydrogen) atoms. The van der Waals surface area contributed by atoms with Crippen molar-refractivity contribution in [1.82, 2.24) is 10.3 Å². The van der Waals surface area contributed by atoms with Gasteiger partial charge in [-0.05, 0) is 97.8 Å². The number of thiazole rings is 1. The lowest BCUT2D eigenvalue weighted by atomic mass is 9.53. The van der Waals surface area contributed by atoms with Crippen molar-refractivity contribution < 1.29 is 15.0 Å². The molecule has 5 rings (SSSR count). The van der Waals surface area contributed by atoms with Gasteiger partial charge in [-0.25, -0.2) is 4.98 Å². The Morgan fingerprint density at radius 3 is 2.94 bits per heavy atom. The summed E-state index contributed by atoms with van der Waals surface area (Å²) in [7, 11) is 0. The van der Waals surface area contributed by atoms with E-state index in [0.29, 0.717) is 53.6 Å². The fourth-order valence-electron chi connectivity index (χ4n) is 7.62. The third-order valence-corrected chi connectivity index (χ3v) is 9.79. The normalized spacial score (nSPS) is 32.0. The van der Waals surface area contributed by atoms with Gasteiger partial charge in [0, 0.05) is 30.1 Å². The minimum Gasteiger partial charge on any atom is -0.508 e. The van der Waals surface area contributed by atoms with Gasteiger partial charge in [0.2, 0.25) is 5.91 Å². The van der Waals surface area contributed by atoms with Crippen LogP contribution in [0.2, 0.25) is 0 Å². The molecule has 1 aromatic carbocycles. The van der Waals surface area contributed by atoms with Crippen LogP contribution in [0.15, 0.2) is 24.4 Å². The average molecular weight is 484 g/mol. The summed E-state index contributed by atoms with van der Waals surface area (Å²) in [6.07, 6.45) is 8.76. The third-order valence-electron chi connectivity index (χ3n) is 8.96. The summed E-state index contributed by atoms with van der Waals surface area (Å²) in [6.45, 7) is 5.23. The molecule has 0 bridgehead atoms. The number of fused-ring (bicyclic) bond motifs is 5. The van der Waals surface area contributed by atoms with Crippen LogP contribution in [0.25, 0.3) is 0 Å². The number of hydrogen-bond acceptors (Lipinski definition) is 6. The number of benzene rings is 1. The lowest BCUT2D eigenvalue weighted by Crippen LogP contribution is -2.49. The van der Waals surface area contributed by atoms with E-state index in [9.17, 15) is 15.0 Å². The predicted octanol–water partition coefficient (Wildman–Crippen LogP) is 4.61. The number of carbonyl (C=O) groups is 1. The topological polar surface area (TPSA) is 94.5 Å². The molecule has 1 amide bonds. The molecule has 1 heterocycles. The highest BCUT2D eigenvalue weighted by Crippen LogP contribution is 2.63. The average Bonchev–Trinajstić information content (AvgIpc) is 3.35. The van der Waals surface area contributed by atoms with E-state index >= 15 is 0 Å². The van der Waals surface area contributed by atoms with Crippen molar-refractivity contribution in [3.05, 3.63) is 40.4 Å². The second-order valence-corrected chi connectivity index (χ2v) is 12.1. The molecule has 2 aromatic rings. The van der Waals surface area contributed by atoms with Crippen molar-refractivity contribution in [2.75, 3.05) is 18.5 Å². The molecule has 184 valence electrons. The summed E-state index contributed by atoms with van der Waals surface area (Å²) in [5, 5.41) is 26.8. The Morgan fingerprint density at radius 2 is 2.18 bits per heavy atom. The lowest BCUT2D eigenvalue weighted by Gasteiger charge is -2.52. The number of aliphatic hydroxyl groups excluding tert-OH is 1. The Kier molecular flexibility index (Phi) is 6.70. The van der Waals surface area contributed by atoms with Crippen molar-refractivity contribution in [2.24, 2.45) is 23.2 Å². The summed E-state index contributed by atoms with van der Waals surface area (Å²) < 4.78 is 0. The first-order chi connectivity index (χ1) is 16.4. The molecule has 0 saturated heterocycles. The highest BCUT2D eigenvalue weighted by Gasteiger charge is 2.58. The molecule has 1 aromatic heterocycles. The maximum Gasteiger partial charge on any atom is 0.226 e. The molecule has 2 fully saturated rings. The van der Waals surface area contributed by atoms with Crippen molar-refractivity contribution >= 4 is 22.4 Å². The van der Waals surface area contributed by atoms with Crippen LogP contribution >= 0.6 is 11.3 Å². The zero-order valence-corrected chi connectivity index (χ0v) is 21.0. The number of nitrogens with one attached hydrogen (secondary N) is 2. The minimum absolute atomic E-state index is 0.0552. The summed E-state index contributed by atoms with van der Waals surface area (Å²) in [6, 6.07) is 6.33. The Morgan fingerprint density at radius 1 is 1.32 bits per heavy atom. The number of phenolic OH excluding ortho intramolecular Hbond substituents is 1. The largest absolute Gasteiger partial charge is 0.508 e. The molecule has 6 atom stereocenters. The first-order valence-electron chi connectivity index (χ1n) is 12.8. The second-order valence-electron chi connectivity index (χ2n) is 10.9. The van der Waals surface area contributed by atoms with Gasteiger partial charge in [0.15, 0.2) is 5.13 Å².